The number of hydrogen-bond acceptors (Lipinski definition) is 2. The number of aliphatic hydroxyl groups is 1. The van der Waals surface area contributed by atoms with Gasteiger partial charge in [-0.1, -0.05) is 6.07 Å². The van der Waals surface area contributed by atoms with Crippen molar-refractivity contribution >= 4 is 5.91 Å². The number of halogens is 2. The van der Waals surface area contributed by atoms with Crippen LogP contribution >= 0.6 is 0 Å². The molecule has 1 saturated carbocycles. The Bertz CT molecular complexity index is 458. The van der Waals surface area contributed by atoms with Crippen molar-refractivity contribution in [3.05, 3.63) is 35.4 Å². The average Bonchev–Trinajstić information content (AvgIpc) is 2.29. The molecule has 0 saturated heterocycles. The van der Waals surface area contributed by atoms with Crippen LogP contribution in [0.1, 0.15) is 24.8 Å². The van der Waals surface area contributed by atoms with Gasteiger partial charge in [0.05, 0.1) is 12.0 Å². The lowest BCUT2D eigenvalue weighted by molar-refractivity contribution is -0.122. The summed E-state index contributed by atoms with van der Waals surface area (Å²) in [4.78, 5) is 11.6. The van der Waals surface area contributed by atoms with E-state index in [0.29, 0.717) is 18.4 Å². The molecule has 5 heteroatoms. The van der Waals surface area contributed by atoms with Gasteiger partial charge < -0.3 is 10.4 Å². The number of benzene rings is 1. The first-order chi connectivity index (χ1) is 8.48. The van der Waals surface area contributed by atoms with Gasteiger partial charge in [-0.05, 0) is 37.0 Å². The molecule has 98 valence electrons. The van der Waals surface area contributed by atoms with Crippen molar-refractivity contribution in [1.29, 1.82) is 0 Å². The van der Waals surface area contributed by atoms with Gasteiger partial charge in [0.15, 0.2) is 11.6 Å². The maximum absolute atomic E-state index is 12.9. The summed E-state index contributed by atoms with van der Waals surface area (Å²) in [5.41, 5.74) is -0.365. The van der Waals surface area contributed by atoms with Crippen LogP contribution in [-0.4, -0.2) is 23.2 Å². The van der Waals surface area contributed by atoms with E-state index in [0.717, 1.165) is 18.6 Å². The summed E-state index contributed by atoms with van der Waals surface area (Å²) in [7, 11) is 0. The van der Waals surface area contributed by atoms with Crippen LogP contribution in [0.2, 0.25) is 0 Å². The highest BCUT2D eigenvalue weighted by molar-refractivity contribution is 5.78. The van der Waals surface area contributed by atoms with Crippen LogP contribution in [0.15, 0.2) is 18.2 Å². The Balaban J connectivity index is 1.85. The Hall–Kier alpha value is -1.49. The Morgan fingerprint density at radius 3 is 2.61 bits per heavy atom. The molecule has 0 radical (unpaired) electrons. The predicted molar refractivity (Wildman–Crippen MR) is 61.9 cm³/mol. The Kier molecular flexibility index (Phi) is 3.61. The summed E-state index contributed by atoms with van der Waals surface area (Å²) >= 11 is 0. The molecule has 1 aliphatic carbocycles. The molecule has 1 aliphatic rings. The summed E-state index contributed by atoms with van der Waals surface area (Å²) in [5.74, 6) is -2.19. The first-order valence-corrected chi connectivity index (χ1v) is 5.92. The minimum Gasteiger partial charge on any atom is -0.388 e. The van der Waals surface area contributed by atoms with Crippen LogP contribution in [0.4, 0.5) is 8.78 Å². The van der Waals surface area contributed by atoms with E-state index in [1.54, 1.807) is 0 Å². The highest BCUT2D eigenvalue weighted by Crippen LogP contribution is 2.30. The van der Waals surface area contributed by atoms with Gasteiger partial charge in [-0.15, -0.1) is 0 Å². The number of carbonyl (C=O) groups excluding carboxylic acids is 1. The first kappa shape index (κ1) is 13.0. The molecule has 0 atom stereocenters. The zero-order chi connectivity index (χ0) is 13.2. The fraction of sp³-hybridized carbons (Fsp3) is 0.462. The second-order valence-electron chi connectivity index (χ2n) is 4.78. The van der Waals surface area contributed by atoms with Gasteiger partial charge in [-0.2, -0.15) is 0 Å². The molecule has 1 amide bonds. The van der Waals surface area contributed by atoms with E-state index >= 15 is 0 Å². The van der Waals surface area contributed by atoms with Crippen molar-refractivity contribution < 1.29 is 18.7 Å². The normalized spacial score (nSPS) is 17.1. The standard InChI is InChI=1S/C13H15F2NO2/c14-10-3-2-9(6-11(10)15)7-12(17)16-8-13(18)4-1-5-13/h2-3,6,18H,1,4-5,7-8H2,(H,16,17). The molecule has 0 bridgehead atoms. The monoisotopic (exact) mass is 255 g/mol. The molecule has 2 rings (SSSR count). The van der Waals surface area contributed by atoms with E-state index in [9.17, 15) is 18.7 Å². The molecule has 3 nitrogen and oxygen atoms in total. The third kappa shape index (κ3) is 3.04. The third-order valence-corrected chi connectivity index (χ3v) is 3.25. The average molecular weight is 255 g/mol. The second kappa shape index (κ2) is 5.02. The fourth-order valence-electron chi connectivity index (χ4n) is 1.92. The number of nitrogens with one attached hydrogen (secondary N) is 1. The van der Waals surface area contributed by atoms with Crippen molar-refractivity contribution in [1.82, 2.24) is 5.32 Å². The van der Waals surface area contributed by atoms with E-state index in [-0.39, 0.29) is 18.9 Å². The molecule has 0 aliphatic heterocycles. The molecule has 2 N–H and O–H groups in total. The molecule has 0 unspecified atom stereocenters. The van der Waals surface area contributed by atoms with E-state index in [1.165, 1.54) is 6.07 Å². The van der Waals surface area contributed by atoms with Crippen LogP contribution in [0.3, 0.4) is 0 Å². The van der Waals surface area contributed by atoms with Crippen molar-refractivity contribution in [2.24, 2.45) is 0 Å². The molecule has 0 aromatic heterocycles. The van der Waals surface area contributed by atoms with Crippen molar-refractivity contribution in [2.45, 2.75) is 31.3 Å². The lowest BCUT2D eigenvalue weighted by atomic mass is 9.80. The highest BCUT2D eigenvalue weighted by atomic mass is 19.2. The van der Waals surface area contributed by atoms with Crippen LogP contribution in [0, 0.1) is 11.6 Å². The van der Waals surface area contributed by atoms with Gasteiger partial charge in [0, 0.05) is 6.54 Å². The zero-order valence-corrected chi connectivity index (χ0v) is 9.88. The molecule has 0 spiro atoms. The molecule has 1 aromatic carbocycles. The van der Waals surface area contributed by atoms with Crippen molar-refractivity contribution in [3.63, 3.8) is 0 Å². The van der Waals surface area contributed by atoms with Crippen LogP contribution < -0.4 is 5.32 Å². The smallest absolute Gasteiger partial charge is 0.224 e. The summed E-state index contributed by atoms with van der Waals surface area (Å²) in [6, 6.07) is 3.38. The minimum absolute atomic E-state index is 0.0206. The summed E-state index contributed by atoms with van der Waals surface area (Å²) < 4.78 is 25.6. The maximum Gasteiger partial charge on any atom is 0.224 e. The fourth-order valence-corrected chi connectivity index (χ4v) is 1.92. The minimum atomic E-state index is -0.960. The van der Waals surface area contributed by atoms with E-state index in [4.69, 9.17) is 0 Å². The predicted octanol–water partition coefficient (Wildman–Crippen LogP) is 1.54. The molecule has 18 heavy (non-hydrogen) atoms. The summed E-state index contributed by atoms with van der Waals surface area (Å²) in [6.07, 6.45) is 2.33. The van der Waals surface area contributed by atoms with Crippen molar-refractivity contribution in [3.8, 4) is 0 Å². The van der Waals surface area contributed by atoms with Crippen molar-refractivity contribution in [2.75, 3.05) is 6.54 Å². The lowest BCUT2D eigenvalue weighted by Crippen LogP contribution is -2.48. The van der Waals surface area contributed by atoms with Crippen LogP contribution in [-0.2, 0) is 11.2 Å². The van der Waals surface area contributed by atoms with Gasteiger partial charge in [0.2, 0.25) is 5.91 Å². The molecule has 1 fully saturated rings. The van der Waals surface area contributed by atoms with Crippen LogP contribution in [0.25, 0.3) is 0 Å². The largest absolute Gasteiger partial charge is 0.388 e. The maximum atomic E-state index is 12.9. The van der Waals surface area contributed by atoms with Crippen LogP contribution in [0.5, 0.6) is 0 Å². The highest BCUT2D eigenvalue weighted by Gasteiger charge is 2.34. The van der Waals surface area contributed by atoms with Gasteiger partial charge >= 0.3 is 0 Å². The molecule has 1 aromatic rings. The van der Waals surface area contributed by atoms with E-state index < -0.39 is 17.2 Å². The van der Waals surface area contributed by atoms with Gasteiger partial charge in [-0.25, -0.2) is 8.78 Å². The van der Waals surface area contributed by atoms with Gasteiger partial charge in [0.1, 0.15) is 0 Å². The SMILES string of the molecule is O=C(Cc1ccc(F)c(F)c1)NCC1(O)CCC1. The number of hydrogen-bond donors (Lipinski definition) is 2. The molecular weight excluding hydrogens is 240 g/mol. The lowest BCUT2D eigenvalue weighted by Gasteiger charge is -2.36. The van der Waals surface area contributed by atoms with E-state index in [1.807, 2.05) is 0 Å². The molecule has 0 heterocycles. The first-order valence-electron chi connectivity index (χ1n) is 5.92. The quantitative estimate of drug-likeness (QED) is 0.857. The third-order valence-electron chi connectivity index (χ3n) is 3.25. The number of amides is 1. The number of rotatable bonds is 4. The summed E-state index contributed by atoms with van der Waals surface area (Å²) in [6.45, 7) is 0.218. The Morgan fingerprint density at radius 1 is 1.33 bits per heavy atom. The topological polar surface area (TPSA) is 49.3 Å². The second-order valence-corrected chi connectivity index (χ2v) is 4.78. The Morgan fingerprint density at radius 2 is 2.06 bits per heavy atom. The Labute approximate surface area is 104 Å². The van der Waals surface area contributed by atoms with E-state index in [2.05, 4.69) is 5.32 Å². The number of carbonyl (C=O) groups is 1. The summed E-state index contributed by atoms with van der Waals surface area (Å²) in [5, 5.41) is 12.4. The van der Waals surface area contributed by atoms with Gasteiger partial charge in [0.25, 0.3) is 0 Å². The van der Waals surface area contributed by atoms with Gasteiger partial charge in [-0.3, -0.25) is 4.79 Å². The molecular formula is C13H15F2NO2. The zero-order valence-electron chi connectivity index (χ0n) is 9.88.